The Balaban J connectivity index is 1.84. The van der Waals surface area contributed by atoms with E-state index in [1.807, 2.05) is 0 Å². The SMILES string of the molecule is Cc1nc(-c2cc(C3CCCCC3)c(=O)n(Cc3ncccc3C(F)(F)F)n2)nn1C(F)F. The van der Waals surface area contributed by atoms with Crippen LogP contribution < -0.4 is 5.56 Å². The second-order valence-electron chi connectivity index (χ2n) is 7.98. The third-order valence-electron chi connectivity index (χ3n) is 5.76. The van der Waals surface area contributed by atoms with Crippen molar-refractivity contribution in [3.8, 4) is 11.5 Å². The Morgan fingerprint density at radius 1 is 1.15 bits per heavy atom. The van der Waals surface area contributed by atoms with Crippen molar-refractivity contribution in [2.75, 3.05) is 0 Å². The molecule has 0 amide bonds. The van der Waals surface area contributed by atoms with Gasteiger partial charge in [-0.05, 0) is 43.9 Å². The van der Waals surface area contributed by atoms with Crippen LogP contribution in [-0.2, 0) is 12.7 Å². The number of aryl methyl sites for hydroxylation is 1. The van der Waals surface area contributed by atoms with Gasteiger partial charge >= 0.3 is 12.7 Å². The van der Waals surface area contributed by atoms with Gasteiger partial charge in [0.2, 0.25) is 5.82 Å². The molecule has 33 heavy (non-hydrogen) atoms. The Morgan fingerprint density at radius 3 is 2.52 bits per heavy atom. The largest absolute Gasteiger partial charge is 0.418 e. The molecule has 0 atom stereocenters. The minimum absolute atomic E-state index is 0.0437. The molecule has 0 aliphatic heterocycles. The lowest BCUT2D eigenvalue weighted by Crippen LogP contribution is -2.30. The summed E-state index contributed by atoms with van der Waals surface area (Å²) >= 11 is 0. The van der Waals surface area contributed by atoms with Crippen molar-refractivity contribution in [2.45, 2.75) is 64.2 Å². The van der Waals surface area contributed by atoms with Crippen LogP contribution in [0.5, 0.6) is 0 Å². The van der Waals surface area contributed by atoms with Crippen molar-refractivity contribution >= 4 is 0 Å². The van der Waals surface area contributed by atoms with Crippen molar-refractivity contribution in [3.63, 3.8) is 0 Å². The van der Waals surface area contributed by atoms with Crippen molar-refractivity contribution in [3.05, 3.63) is 57.4 Å². The molecule has 0 N–H and O–H groups in total. The predicted molar refractivity (Wildman–Crippen MR) is 108 cm³/mol. The fourth-order valence-corrected chi connectivity index (χ4v) is 4.14. The van der Waals surface area contributed by atoms with Crippen LogP contribution in [0.1, 0.15) is 67.2 Å². The molecule has 0 radical (unpaired) electrons. The summed E-state index contributed by atoms with van der Waals surface area (Å²) in [4.78, 5) is 21.1. The number of rotatable bonds is 5. The van der Waals surface area contributed by atoms with Gasteiger partial charge in [-0.3, -0.25) is 9.78 Å². The van der Waals surface area contributed by atoms with Gasteiger partial charge in [0.1, 0.15) is 11.5 Å². The van der Waals surface area contributed by atoms with E-state index in [4.69, 9.17) is 0 Å². The summed E-state index contributed by atoms with van der Waals surface area (Å²) in [5.41, 5.74) is -1.46. The Hall–Kier alpha value is -3.18. The molecule has 3 aromatic heterocycles. The smallest absolute Gasteiger partial charge is 0.267 e. The lowest BCUT2D eigenvalue weighted by Gasteiger charge is -2.22. The quantitative estimate of drug-likeness (QED) is 0.507. The van der Waals surface area contributed by atoms with Crippen LogP contribution in [0.3, 0.4) is 0 Å². The molecule has 0 aromatic carbocycles. The maximum atomic E-state index is 13.4. The number of hydrogen-bond donors (Lipinski definition) is 0. The first-order valence-corrected chi connectivity index (χ1v) is 10.5. The fraction of sp³-hybridized carbons (Fsp3) is 0.476. The summed E-state index contributed by atoms with van der Waals surface area (Å²) in [6.07, 6.45) is 0.894. The molecule has 12 heteroatoms. The molecule has 0 bridgehead atoms. The van der Waals surface area contributed by atoms with Crippen LogP contribution in [0.4, 0.5) is 22.0 Å². The summed E-state index contributed by atoms with van der Waals surface area (Å²) in [5, 5.41) is 7.93. The topological polar surface area (TPSA) is 78.5 Å². The zero-order valence-electron chi connectivity index (χ0n) is 17.7. The number of alkyl halides is 5. The third-order valence-corrected chi connectivity index (χ3v) is 5.76. The lowest BCUT2D eigenvalue weighted by atomic mass is 9.84. The normalized spacial score (nSPS) is 15.4. The van der Waals surface area contributed by atoms with E-state index in [1.165, 1.54) is 19.2 Å². The molecule has 0 saturated heterocycles. The van der Waals surface area contributed by atoms with E-state index in [9.17, 15) is 26.7 Å². The molecule has 3 heterocycles. The highest BCUT2D eigenvalue weighted by Gasteiger charge is 2.34. The first-order chi connectivity index (χ1) is 15.6. The van der Waals surface area contributed by atoms with Crippen molar-refractivity contribution in [1.82, 2.24) is 29.5 Å². The molecular weight excluding hydrogens is 447 g/mol. The van der Waals surface area contributed by atoms with Gasteiger partial charge in [-0.1, -0.05) is 19.3 Å². The first-order valence-electron chi connectivity index (χ1n) is 10.5. The molecule has 176 valence electrons. The van der Waals surface area contributed by atoms with Crippen LogP contribution in [0.2, 0.25) is 0 Å². The van der Waals surface area contributed by atoms with Gasteiger partial charge in [0.15, 0.2) is 0 Å². The molecule has 0 unspecified atom stereocenters. The van der Waals surface area contributed by atoms with Crippen molar-refractivity contribution in [2.24, 2.45) is 0 Å². The highest BCUT2D eigenvalue weighted by molar-refractivity contribution is 5.49. The van der Waals surface area contributed by atoms with Gasteiger partial charge in [0.25, 0.3) is 5.56 Å². The predicted octanol–water partition coefficient (Wildman–Crippen LogP) is 4.72. The van der Waals surface area contributed by atoms with Crippen LogP contribution in [0.15, 0.2) is 29.2 Å². The van der Waals surface area contributed by atoms with E-state index in [0.29, 0.717) is 10.2 Å². The van der Waals surface area contributed by atoms with Gasteiger partial charge in [-0.2, -0.15) is 31.7 Å². The summed E-state index contributed by atoms with van der Waals surface area (Å²) in [5.74, 6) is -0.290. The average molecular weight is 468 g/mol. The minimum Gasteiger partial charge on any atom is -0.267 e. The van der Waals surface area contributed by atoms with Gasteiger partial charge in [-0.25, -0.2) is 9.67 Å². The zero-order valence-corrected chi connectivity index (χ0v) is 17.7. The number of nitrogens with zero attached hydrogens (tertiary/aromatic N) is 6. The summed E-state index contributed by atoms with van der Waals surface area (Å²) in [7, 11) is 0. The second-order valence-corrected chi connectivity index (χ2v) is 7.98. The average Bonchev–Trinajstić information content (AvgIpc) is 3.17. The van der Waals surface area contributed by atoms with E-state index < -0.39 is 30.4 Å². The molecule has 1 fully saturated rings. The Bertz CT molecular complexity index is 1200. The lowest BCUT2D eigenvalue weighted by molar-refractivity contribution is -0.138. The molecule has 7 nitrogen and oxygen atoms in total. The monoisotopic (exact) mass is 468 g/mol. The maximum Gasteiger partial charge on any atom is 0.418 e. The molecule has 3 aromatic rings. The molecule has 4 rings (SSSR count). The van der Waals surface area contributed by atoms with Crippen molar-refractivity contribution < 1.29 is 22.0 Å². The summed E-state index contributed by atoms with van der Waals surface area (Å²) in [6.45, 7) is -2.10. The molecular formula is C21H21F5N6O. The van der Waals surface area contributed by atoms with E-state index in [1.54, 1.807) is 0 Å². The first kappa shape index (κ1) is 23.0. The number of pyridine rings is 1. The van der Waals surface area contributed by atoms with Gasteiger partial charge in [0, 0.05) is 11.8 Å². The van der Waals surface area contributed by atoms with Crippen LogP contribution in [-0.4, -0.2) is 29.5 Å². The van der Waals surface area contributed by atoms with E-state index >= 15 is 0 Å². The fourth-order valence-electron chi connectivity index (χ4n) is 4.14. The molecule has 1 aliphatic carbocycles. The van der Waals surface area contributed by atoms with Gasteiger partial charge < -0.3 is 0 Å². The Morgan fingerprint density at radius 2 is 1.88 bits per heavy atom. The molecule has 0 spiro atoms. The van der Waals surface area contributed by atoms with Crippen molar-refractivity contribution in [1.29, 1.82) is 0 Å². The molecule has 1 aliphatic rings. The van der Waals surface area contributed by atoms with Crippen LogP contribution in [0, 0.1) is 6.92 Å². The highest BCUT2D eigenvalue weighted by atomic mass is 19.4. The standard InChI is InChI=1S/C21H21F5N6O/c1-12-28-18(30-32(12)20(22)23)16-10-14(13-6-3-2-4-7-13)19(33)31(29-16)11-17-15(21(24,25)26)8-5-9-27-17/h5,8-10,13,20H,2-4,6-7,11H2,1H3. The Labute approximate surface area is 185 Å². The van der Waals surface area contributed by atoms with Crippen LogP contribution in [0.25, 0.3) is 11.5 Å². The summed E-state index contributed by atoms with van der Waals surface area (Å²) in [6, 6.07) is 3.52. The number of hydrogen-bond acceptors (Lipinski definition) is 5. The Kier molecular flexibility index (Phi) is 6.26. The van der Waals surface area contributed by atoms with Gasteiger partial charge in [-0.15, -0.1) is 5.10 Å². The van der Waals surface area contributed by atoms with Crippen LogP contribution >= 0.6 is 0 Å². The summed E-state index contributed by atoms with van der Waals surface area (Å²) < 4.78 is 68.0. The van der Waals surface area contributed by atoms with E-state index in [-0.39, 0.29) is 29.0 Å². The second kappa shape index (κ2) is 8.99. The van der Waals surface area contributed by atoms with E-state index in [0.717, 1.165) is 48.9 Å². The highest BCUT2D eigenvalue weighted by Crippen LogP contribution is 2.33. The maximum absolute atomic E-state index is 13.4. The minimum atomic E-state index is -4.66. The number of aromatic nitrogens is 6. The number of halogens is 5. The zero-order chi connectivity index (χ0) is 23.8. The van der Waals surface area contributed by atoms with Gasteiger partial charge in [0.05, 0.1) is 17.8 Å². The third kappa shape index (κ3) is 4.79. The molecule has 1 saturated carbocycles. The van der Waals surface area contributed by atoms with E-state index in [2.05, 4.69) is 20.2 Å².